The Hall–Kier alpha value is -0.402. The molecule has 0 spiro atoms. The third-order valence-electron chi connectivity index (χ3n) is 4.27. The summed E-state index contributed by atoms with van der Waals surface area (Å²) in [4.78, 5) is 11.7. The van der Waals surface area contributed by atoms with Crippen LogP contribution < -0.4 is 0 Å². The number of esters is 1. The number of hydrogen-bond donors (Lipinski definition) is 0. The molecule has 0 aromatic rings. The van der Waals surface area contributed by atoms with Crippen LogP contribution in [0.3, 0.4) is 0 Å². The lowest BCUT2D eigenvalue weighted by Gasteiger charge is -2.41. The first-order chi connectivity index (χ1) is 16.1. The minimum Gasteiger partial charge on any atom is -0.463 e. The van der Waals surface area contributed by atoms with Gasteiger partial charge in [0.05, 0.1) is 6.61 Å². The third kappa shape index (κ3) is 9.57. The summed E-state index contributed by atoms with van der Waals surface area (Å²) < 4.78 is 72.9. The Bertz CT molecular complexity index is 518. The van der Waals surface area contributed by atoms with Crippen LogP contribution in [0.25, 0.3) is 0 Å². The molecule has 0 aliphatic carbocycles. The Balaban J connectivity index is 6.47. The molecule has 0 saturated carbocycles. The van der Waals surface area contributed by atoms with Crippen molar-refractivity contribution >= 4 is 41.9 Å². The van der Waals surface area contributed by atoms with E-state index in [2.05, 4.69) is 0 Å². The number of rotatable bonds is 20. The van der Waals surface area contributed by atoms with E-state index in [9.17, 15) is 4.79 Å². The smallest absolute Gasteiger partial charge is 0.463 e. The molecule has 14 nitrogen and oxygen atoms in total. The summed E-state index contributed by atoms with van der Waals surface area (Å²) in [6, 6.07) is 0.0244. The van der Waals surface area contributed by atoms with Gasteiger partial charge in [0.1, 0.15) is 0 Å². The van der Waals surface area contributed by atoms with Crippen molar-refractivity contribution in [2.45, 2.75) is 19.4 Å². The number of carbonyl (C=O) groups is 1. The first-order valence-electron chi connectivity index (χ1n) is 9.99. The minimum absolute atomic E-state index is 0.0124. The maximum Gasteiger partial charge on any atom is 0.671 e. The van der Waals surface area contributed by atoms with Gasteiger partial charge < -0.3 is 56.9 Å². The molecule has 0 unspecified atom stereocenters. The summed E-state index contributed by atoms with van der Waals surface area (Å²) in [6.45, 7) is 1.71. The van der Waals surface area contributed by atoms with Gasteiger partial charge in [-0.3, -0.25) is 0 Å². The SMILES string of the molecule is CC=CC(=O)OCCC[Si](O[Si](OC)(OC)OC)(O[Si](OC)(OC)OC)O[Si](OC)(OC)OC. The van der Waals surface area contributed by atoms with Crippen LogP contribution in [-0.2, 0) is 61.7 Å². The molecule has 0 saturated heterocycles. The summed E-state index contributed by atoms with van der Waals surface area (Å²) >= 11 is 0. The van der Waals surface area contributed by atoms with E-state index in [1.54, 1.807) is 13.0 Å². The van der Waals surface area contributed by atoms with Crippen LogP contribution in [0.5, 0.6) is 0 Å². The minimum atomic E-state index is -4.13. The lowest BCUT2D eigenvalue weighted by molar-refractivity contribution is -0.137. The Morgan fingerprint density at radius 3 is 1.21 bits per heavy atom. The molecular weight excluding hydrogens is 529 g/mol. The zero-order valence-corrected chi connectivity index (χ0v) is 25.5. The molecule has 18 heteroatoms. The Morgan fingerprint density at radius 1 is 0.618 bits per heavy atom. The highest BCUT2D eigenvalue weighted by Crippen LogP contribution is 2.32. The first kappa shape index (κ1) is 33.6. The Labute approximate surface area is 206 Å². The predicted octanol–water partition coefficient (Wildman–Crippen LogP) is 0.609. The van der Waals surface area contributed by atoms with E-state index in [1.165, 1.54) is 70.1 Å². The molecule has 0 atom stereocenters. The van der Waals surface area contributed by atoms with Crippen LogP contribution >= 0.6 is 0 Å². The zero-order chi connectivity index (χ0) is 26.3. The molecule has 0 N–H and O–H groups in total. The van der Waals surface area contributed by atoms with E-state index in [0.29, 0.717) is 0 Å². The molecule has 0 aromatic carbocycles. The highest BCUT2D eigenvalue weighted by atomic mass is 28.5. The van der Waals surface area contributed by atoms with Crippen molar-refractivity contribution in [3.8, 4) is 0 Å². The number of hydrogen-bond acceptors (Lipinski definition) is 14. The number of allylic oxidation sites excluding steroid dienone is 1. The molecule has 34 heavy (non-hydrogen) atoms. The molecule has 0 aromatic heterocycles. The molecule has 0 aliphatic heterocycles. The predicted molar refractivity (Wildman–Crippen MR) is 125 cm³/mol. The average molecular weight is 567 g/mol. The van der Waals surface area contributed by atoms with E-state index < -0.39 is 41.9 Å². The van der Waals surface area contributed by atoms with Gasteiger partial charge in [0, 0.05) is 76.1 Å². The van der Waals surface area contributed by atoms with Crippen LogP contribution in [0.1, 0.15) is 13.3 Å². The second-order valence-electron chi connectivity index (χ2n) is 6.10. The van der Waals surface area contributed by atoms with E-state index in [1.807, 2.05) is 0 Å². The summed E-state index contributed by atoms with van der Waals surface area (Å²) in [7, 11) is -3.48. The summed E-state index contributed by atoms with van der Waals surface area (Å²) in [5.74, 6) is -0.504. The quantitative estimate of drug-likeness (QED) is 0.0880. The topological polar surface area (TPSA) is 137 Å². The fourth-order valence-corrected chi connectivity index (χ4v) is 15.1. The van der Waals surface area contributed by atoms with Gasteiger partial charge in [-0.15, -0.1) is 0 Å². The molecular formula is C16H38O14Si4. The molecule has 0 radical (unpaired) electrons. The maximum atomic E-state index is 11.7. The first-order valence-corrected chi connectivity index (χ1v) is 16.8. The van der Waals surface area contributed by atoms with Gasteiger partial charge in [-0.05, 0) is 13.3 Å². The van der Waals surface area contributed by atoms with Crippen molar-refractivity contribution in [1.29, 1.82) is 0 Å². The summed E-state index contributed by atoms with van der Waals surface area (Å²) in [5, 5.41) is 0. The van der Waals surface area contributed by atoms with Gasteiger partial charge in [-0.25, -0.2) is 4.79 Å². The van der Waals surface area contributed by atoms with Crippen LogP contribution in [0.15, 0.2) is 12.2 Å². The fraction of sp³-hybridized carbons (Fsp3) is 0.812. The van der Waals surface area contributed by atoms with Crippen molar-refractivity contribution < 1.29 is 61.7 Å². The highest BCUT2D eigenvalue weighted by Gasteiger charge is 2.65. The number of carbonyl (C=O) groups excluding carboxylic acids is 1. The van der Waals surface area contributed by atoms with Crippen LogP contribution in [0.4, 0.5) is 0 Å². The van der Waals surface area contributed by atoms with Crippen molar-refractivity contribution in [2.75, 3.05) is 70.6 Å². The van der Waals surface area contributed by atoms with E-state index in [4.69, 9.17) is 56.9 Å². The van der Waals surface area contributed by atoms with Crippen molar-refractivity contribution in [3.05, 3.63) is 12.2 Å². The van der Waals surface area contributed by atoms with Gasteiger partial charge in [0.2, 0.25) is 0 Å². The van der Waals surface area contributed by atoms with Gasteiger partial charge in [0.15, 0.2) is 0 Å². The lowest BCUT2D eigenvalue weighted by Crippen LogP contribution is -2.69. The van der Waals surface area contributed by atoms with Gasteiger partial charge >= 0.3 is 41.9 Å². The lowest BCUT2D eigenvalue weighted by atomic mass is 10.5. The van der Waals surface area contributed by atoms with Crippen molar-refractivity contribution in [1.82, 2.24) is 0 Å². The Kier molecular flexibility index (Phi) is 16.2. The van der Waals surface area contributed by atoms with Gasteiger partial charge in [-0.2, -0.15) is 0 Å². The summed E-state index contributed by atoms with van der Waals surface area (Å²) in [6.07, 6.45) is 3.09. The second-order valence-corrected chi connectivity index (χ2v) is 17.1. The molecule has 0 aliphatic rings. The van der Waals surface area contributed by atoms with Gasteiger partial charge in [-0.1, -0.05) is 6.08 Å². The standard InChI is InChI=1S/C16H38O14Si4/c1-11-13-16(17)27-14-12-15-31(28-32(18-2,19-3)20-4,29-33(21-5,22-6)23-7)30-34(24-8,25-9)26-10/h11,13H,12,14-15H2,1-10H3. The van der Waals surface area contributed by atoms with Crippen LogP contribution in [0, 0.1) is 0 Å². The normalized spacial score (nSPS) is 13.6. The van der Waals surface area contributed by atoms with Crippen molar-refractivity contribution in [3.63, 3.8) is 0 Å². The third-order valence-corrected chi connectivity index (χ3v) is 16.5. The van der Waals surface area contributed by atoms with Crippen molar-refractivity contribution in [2.24, 2.45) is 0 Å². The van der Waals surface area contributed by atoms with E-state index >= 15 is 0 Å². The number of ether oxygens (including phenoxy) is 1. The average Bonchev–Trinajstić information content (AvgIpc) is 2.87. The molecule has 0 heterocycles. The summed E-state index contributed by atoms with van der Waals surface area (Å²) in [5.41, 5.74) is 0. The fourth-order valence-electron chi connectivity index (χ4n) is 2.56. The Morgan fingerprint density at radius 2 is 0.941 bits per heavy atom. The molecule has 0 bridgehead atoms. The molecule has 0 amide bonds. The van der Waals surface area contributed by atoms with E-state index in [0.717, 1.165) is 0 Å². The maximum absolute atomic E-state index is 11.7. The molecule has 202 valence electrons. The highest BCUT2D eigenvalue weighted by molar-refractivity contribution is 6.82. The van der Waals surface area contributed by atoms with Crippen LogP contribution in [-0.4, -0.2) is 113 Å². The van der Waals surface area contributed by atoms with E-state index in [-0.39, 0.29) is 19.1 Å². The van der Waals surface area contributed by atoms with Crippen LogP contribution in [0.2, 0.25) is 6.04 Å². The second kappa shape index (κ2) is 16.4. The largest absolute Gasteiger partial charge is 0.671 e. The molecule has 0 fully saturated rings. The van der Waals surface area contributed by atoms with Gasteiger partial charge in [0.25, 0.3) is 0 Å². The monoisotopic (exact) mass is 566 g/mol. The zero-order valence-electron chi connectivity index (χ0n) is 21.5. The molecule has 0 rings (SSSR count).